The maximum atomic E-state index is 14.9. The first kappa shape index (κ1) is 30.2. The predicted molar refractivity (Wildman–Crippen MR) is 155 cm³/mol. The Morgan fingerprint density at radius 2 is 1.93 bits per heavy atom. The van der Waals surface area contributed by atoms with Crippen LogP contribution < -0.4 is 10.6 Å². The Hall–Kier alpha value is -5.22. The summed E-state index contributed by atoms with van der Waals surface area (Å²) in [5.74, 6) is -4.14. The lowest BCUT2D eigenvalue weighted by molar-refractivity contribution is -0.135. The van der Waals surface area contributed by atoms with Gasteiger partial charge in [0.2, 0.25) is 23.5 Å². The van der Waals surface area contributed by atoms with Gasteiger partial charge in [0.05, 0.1) is 28.2 Å². The number of tetrazole rings is 1. The van der Waals surface area contributed by atoms with E-state index in [9.17, 15) is 28.7 Å². The molecule has 2 aromatic heterocycles. The van der Waals surface area contributed by atoms with Crippen molar-refractivity contribution in [3.63, 3.8) is 0 Å². The van der Waals surface area contributed by atoms with E-state index >= 15 is 0 Å². The van der Waals surface area contributed by atoms with Gasteiger partial charge in [0.25, 0.3) is 0 Å². The number of carboxylic acid groups (broad SMARTS) is 1. The highest BCUT2D eigenvalue weighted by molar-refractivity contribution is 6.31. The number of aromatic nitrogens is 6. The van der Waals surface area contributed by atoms with E-state index in [1.54, 1.807) is 4.90 Å². The summed E-state index contributed by atoms with van der Waals surface area (Å²) in [6, 6.07) is 5.99. The molecule has 0 spiro atoms. The summed E-state index contributed by atoms with van der Waals surface area (Å²) in [4.78, 5) is 61.1. The Bertz CT molecular complexity index is 1750. The average molecular weight is 625 g/mol. The van der Waals surface area contributed by atoms with Gasteiger partial charge in [-0.05, 0) is 53.9 Å². The third kappa shape index (κ3) is 6.87. The van der Waals surface area contributed by atoms with Gasteiger partial charge in [0.1, 0.15) is 12.4 Å². The third-order valence-electron chi connectivity index (χ3n) is 6.93. The summed E-state index contributed by atoms with van der Waals surface area (Å²) in [6.07, 6.45) is 3.07. The smallest absolute Gasteiger partial charge is 0.371 e. The number of H-pyrrole nitrogens is 1. The fraction of sp³-hybridized carbons (Fsp3) is 0.259. The highest BCUT2D eigenvalue weighted by atomic mass is 35.5. The molecule has 1 aliphatic heterocycles. The number of amides is 3. The molecule has 44 heavy (non-hydrogen) atoms. The molecule has 1 atom stereocenters. The van der Waals surface area contributed by atoms with Gasteiger partial charge >= 0.3 is 5.97 Å². The number of carbonyl (C=O) groups is 4. The third-order valence-corrected chi connectivity index (χ3v) is 7.22. The zero-order valence-electron chi connectivity index (χ0n) is 23.2. The molecule has 3 amide bonds. The number of nitrogens with zero attached hydrogens (tertiary/aromatic N) is 7. The van der Waals surface area contributed by atoms with E-state index in [-0.39, 0.29) is 40.1 Å². The monoisotopic (exact) mass is 624 g/mol. The molecule has 1 aliphatic rings. The number of rotatable bonds is 9. The molecule has 1 fully saturated rings. The standard InChI is InChI=1S/C27H26ClFN10O5/c1-37-8-10-38(11-9-37)23(41)13-20(26(42)31-15-2-5-18-19(12-15)34-25(33-18)27(43)44)32-22(40)7-3-16-21(39-14-30-35-36-39)6-4-17(28)24(16)29/h2-7,12,14,20H,8-11,13H2,1H3,(H,31,42)(H,32,40)(H,33,34)(H,43,44). The number of hydrogen-bond acceptors (Lipinski definition) is 9. The van der Waals surface area contributed by atoms with Crippen molar-refractivity contribution >= 4 is 58.1 Å². The number of piperazine rings is 1. The first-order valence-electron chi connectivity index (χ1n) is 13.3. The van der Waals surface area contributed by atoms with Gasteiger partial charge in [-0.25, -0.2) is 14.2 Å². The van der Waals surface area contributed by atoms with Crippen LogP contribution in [0.1, 0.15) is 22.6 Å². The van der Waals surface area contributed by atoms with Crippen molar-refractivity contribution in [3.8, 4) is 5.69 Å². The van der Waals surface area contributed by atoms with Crippen LogP contribution in [0.2, 0.25) is 5.02 Å². The van der Waals surface area contributed by atoms with Crippen LogP contribution in [-0.2, 0) is 14.4 Å². The molecule has 3 heterocycles. The molecular weight excluding hydrogens is 599 g/mol. The van der Waals surface area contributed by atoms with Gasteiger partial charge < -0.3 is 30.5 Å². The molecular formula is C27H26ClFN10O5. The SMILES string of the molecule is CN1CCN(C(=O)CC(NC(=O)C=Cc2c(-n3cnnn3)ccc(Cl)c2F)C(=O)Nc2ccc3nc(C(=O)O)[nH]c3c2)CC1. The van der Waals surface area contributed by atoms with Gasteiger partial charge in [0.15, 0.2) is 5.82 Å². The van der Waals surface area contributed by atoms with Crippen LogP contribution in [0.25, 0.3) is 22.8 Å². The van der Waals surface area contributed by atoms with E-state index in [1.807, 2.05) is 7.05 Å². The number of carboxylic acids is 1. The Balaban J connectivity index is 1.36. The highest BCUT2D eigenvalue weighted by Gasteiger charge is 2.28. The minimum Gasteiger partial charge on any atom is -0.475 e. The lowest BCUT2D eigenvalue weighted by atomic mass is 10.1. The molecule has 0 aliphatic carbocycles. The summed E-state index contributed by atoms with van der Waals surface area (Å²) in [5, 5.41) is 25.0. The van der Waals surface area contributed by atoms with Crippen LogP contribution >= 0.6 is 11.6 Å². The quantitative estimate of drug-likeness (QED) is 0.198. The highest BCUT2D eigenvalue weighted by Crippen LogP contribution is 2.25. The van der Waals surface area contributed by atoms with Gasteiger partial charge in [-0.2, -0.15) is 4.68 Å². The van der Waals surface area contributed by atoms with Crippen LogP contribution in [0.15, 0.2) is 42.7 Å². The number of imidazole rings is 1. The molecule has 4 N–H and O–H groups in total. The number of likely N-dealkylation sites (N-methyl/N-ethyl adjacent to an activating group) is 1. The van der Waals surface area contributed by atoms with Crippen molar-refractivity contribution in [2.75, 3.05) is 38.5 Å². The van der Waals surface area contributed by atoms with E-state index in [4.69, 9.17) is 11.6 Å². The number of carbonyl (C=O) groups excluding carboxylic acids is 3. The lowest BCUT2D eigenvalue weighted by Crippen LogP contribution is -2.51. The van der Waals surface area contributed by atoms with Crippen molar-refractivity contribution in [2.45, 2.75) is 12.5 Å². The molecule has 4 aromatic rings. The van der Waals surface area contributed by atoms with Crippen LogP contribution in [0.5, 0.6) is 0 Å². The topological polar surface area (TPSA) is 191 Å². The Kier molecular flexibility index (Phi) is 8.91. The van der Waals surface area contributed by atoms with E-state index in [1.165, 1.54) is 41.3 Å². The molecule has 1 unspecified atom stereocenters. The molecule has 17 heteroatoms. The Morgan fingerprint density at radius 3 is 2.64 bits per heavy atom. The van der Waals surface area contributed by atoms with Crippen LogP contribution in [0.4, 0.5) is 10.1 Å². The summed E-state index contributed by atoms with van der Waals surface area (Å²) < 4.78 is 16.1. The minimum absolute atomic E-state index is 0.0805. The summed E-state index contributed by atoms with van der Waals surface area (Å²) in [6.45, 7) is 2.26. The van der Waals surface area contributed by atoms with Crippen molar-refractivity contribution < 1.29 is 28.7 Å². The molecule has 0 saturated carbocycles. The van der Waals surface area contributed by atoms with Crippen LogP contribution in [0.3, 0.4) is 0 Å². The molecule has 0 bridgehead atoms. The second-order valence-electron chi connectivity index (χ2n) is 9.94. The lowest BCUT2D eigenvalue weighted by Gasteiger charge is -2.33. The first-order chi connectivity index (χ1) is 21.1. The summed E-state index contributed by atoms with van der Waals surface area (Å²) >= 11 is 5.96. The van der Waals surface area contributed by atoms with Crippen molar-refractivity contribution in [3.05, 3.63) is 65.0 Å². The van der Waals surface area contributed by atoms with Gasteiger partial charge in [-0.3, -0.25) is 14.4 Å². The van der Waals surface area contributed by atoms with E-state index in [0.717, 1.165) is 12.2 Å². The Morgan fingerprint density at radius 1 is 1.16 bits per heavy atom. The largest absolute Gasteiger partial charge is 0.475 e. The maximum Gasteiger partial charge on any atom is 0.371 e. The number of fused-ring (bicyclic) bond motifs is 1. The molecule has 0 radical (unpaired) electrons. The zero-order valence-corrected chi connectivity index (χ0v) is 24.0. The van der Waals surface area contributed by atoms with Crippen LogP contribution in [0, 0.1) is 5.82 Å². The van der Waals surface area contributed by atoms with E-state index in [2.05, 4.69) is 41.0 Å². The Labute approximate surface area is 253 Å². The maximum absolute atomic E-state index is 14.9. The van der Waals surface area contributed by atoms with Gasteiger partial charge in [-0.15, -0.1) is 5.10 Å². The van der Waals surface area contributed by atoms with E-state index < -0.39 is 29.6 Å². The number of aromatic amines is 1. The van der Waals surface area contributed by atoms with Gasteiger partial charge in [-0.1, -0.05) is 11.6 Å². The normalized spacial score (nSPS) is 14.6. The second kappa shape index (κ2) is 13.0. The number of halogens is 2. The minimum atomic E-state index is -1.31. The van der Waals surface area contributed by atoms with Crippen molar-refractivity contribution in [2.24, 2.45) is 0 Å². The van der Waals surface area contributed by atoms with E-state index in [0.29, 0.717) is 37.2 Å². The fourth-order valence-electron chi connectivity index (χ4n) is 4.55. The number of nitrogens with one attached hydrogen (secondary N) is 3. The summed E-state index contributed by atoms with van der Waals surface area (Å²) in [5.41, 5.74) is 1.13. The van der Waals surface area contributed by atoms with Crippen molar-refractivity contribution in [1.29, 1.82) is 0 Å². The molecule has 2 aromatic carbocycles. The fourth-order valence-corrected chi connectivity index (χ4v) is 4.72. The molecule has 1 saturated heterocycles. The van der Waals surface area contributed by atoms with Crippen molar-refractivity contribution in [1.82, 2.24) is 45.3 Å². The summed E-state index contributed by atoms with van der Waals surface area (Å²) in [7, 11) is 1.94. The molecule has 5 rings (SSSR count). The average Bonchev–Trinajstić information content (AvgIpc) is 3.68. The number of aromatic carboxylic acids is 1. The second-order valence-corrected chi connectivity index (χ2v) is 10.4. The number of benzene rings is 2. The van der Waals surface area contributed by atoms with Gasteiger partial charge in [0, 0.05) is 43.5 Å². The number of anilines is 1. The van der Waals surface area contributed by atoms with Crippen LogP contribution in [-0.4, -0.2) is 108 Å². The zero-order chi connectivity index (χ0) is 31.4. The molecule has 228 valence electrons. The molecule has 15 nitrogen and oxygen atoms in total. The predicted octanol–water partition coefficient (Wildman–Crippen LogP) is 1.33. The number of hydrogen-bond donors (Lipinski definition) is 4. The first-order valence-corrected chi connectivity index (χ1v) is 13.7.